The predicted molar refractivity (Wildman–Crippen MR) is 92.7 cm³/mol. The first-order valence-electron chi connectivity index (χ1n) is 8.28. The summed E-state index contributed by atoms with van der Waals surface area (Å²) in [5, 5.41) is 15.9. The minimum Gasteiger partial charge on any atom is -0.363 e. The van der Waals surface area contributed by atoms with Crippen molar-refractivity contribution in [1.82, 2.24) is 20.5 Å². The van der Waals surface area contributed by atoms with E-state index in [1.807, 2.05) is 6.07 Å². The molecule has 1 aromatic carbocycles. The maximum absolute atomic E-state index is 12.8. The Morgan fingerprint density at radius 3 is 2.58 bits per heavy atom. The summed E-state index contributed by atoms with van der Waals surface area (Å²) < 4.78 is 38.3. The Hall–Kier alpha value is -2.74. The zero-order chi connectivity index (χ0) is 18.1. The van der Waals surface area contributed by atoms with Crippen LogP contribution in [0.2, 0.25) is 0 Å². The molecule has 0 saturated carbocycles. The minimum atomic E-state index is -4.36. The molecule has 1 aliphatic rings. The fourth-order valence-electron chi connectivity index (χ4n) is 3.09. The Bertz CT molecular complexity index is 918. The number of hydrogen-bond donors (Lipinski definition) is 2. The van der Waals surface area contributed by atoms with Gasteiger partial charge in [0.2, 0.25) is 0 Å². The van der Waals surface area contributed by atoms with E-state index in [1.165, 1.54) is 12.1 Å². The van der Waals surface area contributed by atoms with Crippen molar-refractivity contribution in [3.8, 4) is 11.3 Å². The van der Waals surface area contributed by atoms with Gasteiger partial charge in [-0.15, -0.1) is 10.2 Å². The molecule has 134 valence electrons. The van der Waals surface area contributed by atoms with Crippen LogP contribution in [0.1, 0.15) is 12.0 Å². The van der Waals surface area contributed by atoms with Crippen molar-refractivity contribution >= 4 is 16.7 Å². The van der Waals surface area contributed by atoms with Crippen molar-refractivity contribution in [3.05, 3.63) is 48.2 Å². The SMILES string of the molecule is FC(F)(F)c1ccc(-c2nnc(NC3CCNC3)c3ncccc23)cc1. The van der Waals surface area contributed by atoms with Crippen LogP contribution in [0, 0.1) is 0 Å². The molecule has 2 aromatic heterocycles. The molecule has 2 N–H and O–H groups in total. The molecule has 0 aliphatic carbocycles. The maximum atomic E-state index is 12.8. The van der Waals surface area contributed by atoms with Crippen molar-refractivity contribution in [1.29, 1.82) is 0 Å². The third-order valence-electron chi connectivity index (χ3n) is 4.42. The van der Waals surface area contributed by atoms with Crippen LogP contribution in [0.15, 0.2) is 42.6 Å². The first kappa shape index (κ1) is 16.7. The summed E-state index contributed by atoms with van der Waals surface area (Å²) in [6.07, 6.45) is -1.72. The molecule has 0 radical (unpaired) electrons. The van der Waals surface area contributed by atoms with E-state index in [2.05, 4.69) is 25.8 Å². The van der Waals surface area contributed by atoms with Crippen molar-refractivity contribution < 1.29 is 13.2 Å². The van der Waals surface area contributed by atoms with Gasteiger partial charge in [-0.3, -0.25) is 4.98 Å². The van der Waals surface area contributed by atoms with Crippen molar-refractivity contribution in [2.45, 2.75) is 18.6 Å². The molecular weight excluding hydrogens is 343 g/mol. The fourth-order valence-corrected chi connectivity index (χ4v) is 3.09. The number of pyridine rings is 1. The van der Waals surface area contributed by atoms with E-state index in [0.29, 0.717) is 22.6 Å². The van der Waals surface area contributed by atoms with Gasteiger partial charge in [-0.2, -0.15) is 13.2 Å². The van der Waals surface area contributed by atoms with E-state index < -0.39 is 11.7 Å². The highest BCUT2D eigenvalue weighted by molar-refractivity contribution is 5.97. The summed E-state index contributed by atoms with van der Waals surface area (Å²) in [5.41, 5.74) is 1.04. The van der Waals surface area contributed by atoms with Crippen molar-refractivity contribution in [2.24, 2.45) is 0 Å². The Labute approximate surface area is 147 Å². The number of aromatic nitrogens is 3. The van der Waals surface area contributed by atoms with Crippen LogP contribution in [0.4, 0.5) is 19.0 Å². The number of nitrogens with zero attached hydrogens (tertiary/aromatic N) is 3. The highest BCUT2D eigenvalue weighted by atomic mass is 19.4. The molecule has 0 amide bonds. The molecule has 1 atom stereocenters. The van der Waals surface area contributed by atoms with Gasteiger partial charge in [0.1, 0.15) is 11.2 Å². The first-order chi connectivity index (χ1) is 12.5. The molecule has 1 saturated heterocycles. The number of fused-ring (bicyclic) bond motifs is 1. The molecule has 4 rings (SSSR count). The molecule has 1 fully saturated rings. The smallest absolute Gasteiger partial charge is 0.363 e. The minimum absolute atomic E-state index is 0.256. The van der Waals surface area contributed by atoms with Gasteiger partial charge in [0.25, 0.3) is 0 Å². The standard InChI is InChI=1S/C18H16F3N5/c19-18(20,21)12-5-3-11(4-6-12)15-14-2-1-8-23-16(14)17(26-25-15)24-13-7-9-22-10-13/h1-6,8,13,22H,7,9-10H2,(H,24,26). The van der Waals surface area contributed by atoms with Crippen LogP contribution in [0.3, 0.4) is 0 Å². The number of anilines is 1. The third-order valence-corrected chi connectivity index (χ3v) is 4.42. The first-order valence-corrected chi connectivity index (χ1v) is 8.28. The highest BCUT2D eigenvalue weighted by Gasteiger charge is 2.30. The lowest BCUT2D eigenvalue weighted by Gasteiger charge is -2.14. The largest absolute Gasteiger partial charge is 0.416 e. The van der Waals surface area contributed by atoms with Gasteiger partial charge in [0, 0.05) is 29.7 Å². The van der Waals surface area contributed by atoms with Crippen LogP contribution in [-0.2, 0) is 6.18 Å². The molecule has 26 heavy (non-hydrogen) atoms. The molecule has 1 aliphatic heterocycles. The van der Waals surface area contributed by atoms with E-state index in [9.17, 15) is 13.2 Å². The average molecular weight is 359 g/mol. The van der Waals surface area contributed by atoms with Crippen LogP contribution in [-0.4, -0.2) is 34.3 Å². The quantitative estimate of drug-likeness (QED) is 0.750. The highest BCUT2D eigenvalue weighted by Crippen LogP contribution is 2.33. The normalized spacial score (nSPS) is 17.6. The van der Waals surface area contributed by atoms with E-state index in [-0.39, 0.29) is 6.04 Å². The second-order valence-corrected chi connectivity index (χ2v) is 6.21. The van der Waals surface area contributed by atoms with Crippen molar-refractivity contribution in [2.75, 3.05) is 18.4 Å². The average Bonchev–Trinajstić information content (AvgIpc) is 3.15. The molecule has 5 nitrogen and oxygen atoms in total. The summed E-state index contributed by atoms with van der Waals surface area (Å²) in [7, 11) is 0. The maximum Gasteiger partial charge on any atom is 0.416 e. The fraction of sp³-hybridized carbons (Fsp3) is 0.278. The lowest BCUT2D eigenvalue weighted by molar-refractivity contribution is -0.137. The Kier molecular flexibility index (Phi) is 4.20. The van der Waals surface area contributed by atoms with Gasteiger partial charge < -0.3 is 10.6 Å². The van der Waals surface area contributed by atoms with Gasteiger partial charge in [-0.25, -0.2) is 0 Å². The summed E-state index contributed by atoms with van der Waals surface area (Å²) in [6, 6.07) is 8.80. The van der Waals surface area contributed by atoms with E-state index in [4.69, 9.17) is 0 Å². The zero-order valence-electron chi connectivity index (χ0n) is 13.7. The number of benzene rings is 1. The summed E-state index contributed by atoms with van der Waals surface area (Å²) in [6.45, 7) is 1.79. The number of rotatable bonds is 3. The molecule has 3 aromatic rings. The molecule has 3 heterocycles. The molecule has 8 heteroatoms. The van der Waals surface area contributed by atoms with Crippen LogP contribution < -0.4 is 10.6 Å². The Morgan fingerprint density at radius 1 is 1.08 bits per heavy atom. The van der Waals surface area contributed by atoms with Gasteiger partial charge in [0.15, 0.2) is 5.82 Å². The van der Waals surface area contributed by atoms with Crippen LogP contribution >= 0.6 is 0 Å². The lowest BCUT2D eigenvalue weighted by atomic mass is 10.1. The van der Waals surface area contributed by atoms with Gasteiger partial charge in [0.05, 0.1) is 5.56 Å². The lowest BCUT2D eigenvalue weighted by Crippen LogP contribution is -2.23. The predicted octanol–water partition coefficient (Wildman–Crippen LogP) is 3.48. The second-order valence-electron chi connectivity index (χ2n) is 6.21. The Balaban J connectivity index is 1.74. The van der Waals surface area contributed by atoms with Gasteiger partial charge >= 0.3 is 6.18 Å². The molecule has 0 bridgehead atoms. The molecule has 0 spiro atoms. The van der Waals surface area contributed by atoms with E-state index in [1.54, 1.807) is 12.3 Å². The second kappa shape index (κ2) is 6.53. The molecular formula is C18H16F3N5. The monoisotopic (exact) mass is 359 g/mol. The van der Waals surface area contributed by atoms with Gasteiger partial charge in [-0.1, -0.05) is 12.1 Å². The van der Waals surface area contributed by atoms with E-state index >= 15 is 0 Å². The third kappa shape index (κ3) is 3.20. The summed E-state index contributed by atoms with van der Waals surface area (Å²) in [4.78, 5) is 4.40. The molecule has 1 unspecified atom stereocenters. The summed E-state index contributed by atoms with van der Waals surface area (Å²) in [5.74, 6) is 0.588. The zero-order valence-corrected chi connectivity index (χ0v) is 13.7. The number of hydrogen-bond acceptors (Lipinski definition) is 5. The topological polar surface area (TPSA) is 62.7 Å². The van der Waals surface area contributed by atoms with Crippen LogP contribution in [0.5, 0.6) is 0 Å². The number of nitrogens with one attached hydrogen (secondary N) is 2. The summed E-state index contributed by atoms with van der Waals surface area (Å²) >= 11 is 0. The van der Waals surface area contributed by atoms with Gasteiger partial charge in [-0.05, 0) is 37.2 Å². The van der Waals surface area contributed by atoms with E-state index in [0.717, 1.165) is 37.0 Å². The van der Waals surface area contributed by atoms with Crippen molar-refractivity contribution in [3.63, 3.8) is 0 Å². The van der Waals surface area contributed by atoms with Crippen LogP contribution in [0.25, 0.3) is 22.2 Å². The Morgan fingerprint density at radius 2 is 1.88 bits per heavy atom. The number of alkyl halides is 3. The number of halogens is 3.